The second-order valence-electron chi connectivity index (χ2n) is 5.82. The van der Waals surface area contributed by atoms with E-state index in [1.54, 1.807) is 37.3 Å². The molecule has 3 N–H and O–H groups in total. The highest BCUT2D eigenvalue weighted by Gasteiger charge is 2.29. The molecule has 0 saturated carbocycles. The van der Waals surface area contributed by atoms with Crippen molar-refractivity contribution < 1.29 is 23.4 Å². The van der Waals surface area contributed by atoms with Gasteiger partial charge in [-0.1, -0.05) is 18.2 Å². The minimum Gasteiger partial charge on any atom is -0.479 e. The zero-order chi connectivity index (χ0) is 19.4. The smallest absolute Gasteiger partial charge is 0.337 e. The van der Waals surface area contributed by atoms with Crippen molar-refractivity contribution in [1.82, 2.24) is 4.98 Å². The second kappa shape index (κ2) is 7.71. The van der Waals surface area contributed by atoms with Crippen molar-refractivity contribution in [2.75, 3.05) is 22.7 Å². The summed E-state index contributed by atoms with van der Waals surface area (Å²) in [5, 5.41) is 21.2. The third-order valence-corrected chi connectivity index (χ3v) is 5.62. The number of carboxylic acid groups (broad SMARTS) is 1. The number of rotatable bonds is 8. The fourth-order valence-electron chi connectivity index (χ4n) is 2.19. The predicted octanol–water partition coefficient (Wildman–Crippen LogP) is 1.54. The van der Waals surface area contributed by atoms with Crippen molar-refractivity contribution in [2.45, 2.75) is 24.3 Å². The zero-order valence-corrected chi connectivity index (χ0v) is 15.3. The first-order chi connectivity index (χ1) is 12.2. The van der Waals surface area contributed by atoms with E-state index in [-0.39, 0.29) is 23.8 Å². The fourth-order valence-corrected chi connectivity index (χ4v) is 3.61. The van der Waals surface area contributed by atoms with Gasteiger partial charge in [-0.15, -0.1) is 0 Å². The van der Waals surface area contributed by atoms with Crippen LogP contribution in [0, 0.1) is 0 Å². The minimum atomic E-state index is -3.78. The Balaban J connectivity index is 2.20. The summed E-state index contributed by atoms with van der Waals surface area (Å²) >= 11 is 0. The van der Waals surface area contributed by atoms with Crippen molar-refractivity contribution in [1.29, 1.82) is 0 Å². The Kier molecular flexibility index (Phi) is 5.83. The van der Waals surface area contributed by atoms with Crippen LogP contribution in [0.1, 0.15) is 13.8 Å². The number of pyridine rings is 1. The molecule has 2 aromatic rings. The second-order valence-corrected chi connectivity index (χ2v) is 7.68. The quantitative estimate of drug-likeness (QED) is 0.636. The van der Waals surface area contributed by atoms with Gasteiger partial charge in [-0.25, -0.2) is 18.2 Å². The first kappa shape index (κ1) is 19.7. The number of benzene rings is 1. The standard InChI is InChI=1S/C17H21N3O5S/c1-3-20(13-7-5-4-6-8-13)26(24,25)14-9-10-15(18-11-14)19-12-17(2,23)16(21)22/h4-11,23H,3,12H2,1-2H3,(H,18,19)(H,21,22). The Morgan fingerprint density at radius 2 is 1.88 bits per heavy atom. The van der Waals surface area contributed by atoms with E-state index in [0.29, 0.717) is 5.69 Å². The zero-order valence-electron chi connectivity index (χ0n) is 14.5. The third-order valence-electron chi connectivity index (χ3n) is 3.73. The number of nitrogens with one attached hydrogen (secondary N) is 1. The Labute approximate surface area is 152 Å². The molecule has 0 spiro atoms. The van der Waals surface area contributed by atoms with E-state index in [0.717, 1.165) is 6.92 Å². The molecule has 1 aromatic heterocycles. The number of para-hydroxylation sites is 1. The van der Waals surface area contributed by atoms with Gasteiger partial charge in [-0.3, -0.25) is 4.31 Å². The molecule has 1 unspecified atom stereocenters. The lowest BCUT2D eigenvalue weighted by Crippen LogP contribution is -2.41. The normalized spacial score (nSPS) is 13.7. The molecule has 1 atom stereocenters. The maximum absolute atomic E-state index is 12.8. The van der Waals surface area contributed by atoms with E-state index in [1.165, 1.54) is 22.6 Å². The Bertz CT molecular complexity index is 852. The number of hydrogen-bond donors (Lipinski definition) is 3. The maximum atomic E-state index is 12.8. The van der Waals surface area contributed by atoms with Gasteiger partial charge in [0.15, 0.2) is 5.60 Å². The number of carboxylic acids is 1. The van der Waals surface area contributed by atoms with Crippen molar-refractivity contribution in [3.63, 3.8) is 0 Å². The first-order valence-electron chi connectivity index (χ1n) is 7.92. The molecule has 0 fully saturated rings. The molecule has 0 bridgehead atoms. The molecule has 2 rings (SSSR count). The first-order valence-corrected chi connectivity index (χ1v) is 9.36. The SMILES string of the molecule is CCN(c1ccccc1)S(=O)(=O)c1ccc(NCC(C)(O)C(=O)O)nc1. The van der Waals surface area contributed by atoms with Gasteiger partial charge < -0.3 is 15.5 Å². The van der Waals surface area contributed by atoms with Crippen LogP contribution in [-0.4, -0.2) is 48.3 Å². The van der Waals surface area contributed by atoms with Gasteiger partial charge >= 0.3 is 5.97 Å². The Hall–Kier alpha value is -2.65. The van der Waals surface area contributed by atoms with Crippen LogP contribution in [0.15, 0.2) is 53.6 Å². The average molecular weight is 379 g/mol. The van der Waals surface area contributed by atoms with Crippen LogP contribution in [-0.2, 0) is 14.8 Å². The van der Waals surface area contributed by atoms with E-state index < -0.39 is 21.6 Å². The number of carbonyl (C=O) groups is 1. The summed E-state index contributed by atoms with van der Waals surface area (Å²) in [4.78, 5) is 14.9. The molecule has 0 amide bonds. The number of aliphatic hydroxyl groups is 1. The maximum Gasteiger partial charge on any atom is 0.337 e. The molecule has 0 aliphatic rings. The van der Waals surface area contributed by atoms with Gasteiger partial charge in [0.2, 0.25) is 0 Å². The van der Waals surface area contributed by atoms with Gasteiger partial charge in [0, 0.05) is 12.7 Å². The molecule has 0 aliphatic heterocycles. The largest absolute Gasteiger partial charge is 0.479 e. The minimum absolute atomic E-state index is 0.0127. The van der Waals surface area contributed by atoms with E-state index in [1.807, 2.05) is 0 Å². The van der Waals surface area contributed by atoms with Gasteiger partial charge in [0.05, 0.1) is 12.2 Å². The number of nitrogens with zero attached hydrogens (tertiary/aromatic N) is 2. The van der Waals surface area contributed by atoms with Crippen LogP contribution >= 0.6 is 0 Å². The molecule has 140 valence electrons. The average Bonchev–Trinajstić information content (AvgIpc) is 2.61. The highest BCUT2D eigenvalue weighted by Crippen LogP contribution is 2.23. The Morgan fingerprint density at radius 3 is 2.38 bits per heavy atom. The number of aromatic nitrogens is 1. The fraction of sp³-hybridized carbons (Fsp3) is 0.294. The van der Waals surface area contributed by atoms with E-state index >= 15 is 0 Å². The highest BCUT2D eigenvalue weighted by atomic mass is 32.2. The van der Waals surface area contributed by atoms with E-state index in [2.05, 4.69) is 10.3 Å². The van der Waals surface area contributed by atoms with Gasteiger partial charge in [-0.2, -0.15) is 0 Å². The van der Waals surface area contributed by atoms with Crippen LogP contribution in [0.25, 0.3) is 0 Å². The molecular formula is C17H21N3O5S. The molecule has 8 nitrogen and oxygen atoms in total. The van der Waals surface area contributed by atoms with Gasteiger partial charge in [0.25, 0.3) is 10.0 Å². The lowest BCUT2D eigenvalue weighted by Gasteiger charge is -2.23. The van der Waals surface area contributed by atoms with Crippen molar-refractivity contribution in [2.24, 2.45) is 0 Å². The summed E-state index contributed by atoms with van der Waals surface area (Å²) in [5.41, 5.74) is -1.41. The molecule has 0 aliphatic carbocycles. The molecule has 26 heavy (non-hydrogen) atoms. The molecule has 0 saturated heterocycles. The molecule has 1 aromatic carbocycles. The molecule has 9 heteroatoms. The number of sulfonamides is 1. The van der Waals surface area contributed by atoms with Gasteiger partial charge in [0.1, 0.15) is 10.7 Å². The Morgan fingerprint density at radius 1 is 1.23 bits per heavy atom. The topological polar surface area (TPSA) is 120 Å². The molecule has 0 radical (unpaired) electrons. The predicted molar refractivity (Wildman–Crippen MR) is 97.6 cm³/mol. The lowest BCUT2D eigenvalue weighted by atomic mass is 10.1. The summed E-state index contributed by atoms with van der Waals surface area (Å²) in [7, 11) is -3.78. The van der Waals surface area contributed by atoms with Crippen molar-refractivity contribution in [3.8, 4) is 0 Å². The highest BCUT2D eigenvalue weighted by molar-refractivity contribution is 7.92. The van der Waals surface area contributed by atoms with Crippen LogP contribution < -0.4 is 9.62 Å². The van der Waals surface area contributed by atoms with Crippen LogP contribution in [0.2, 0.25) is 0 Å². The van der Waals surface area contributed by atoms with Crippen molar-refractivity contribution >= 4 is 27.5 Å². The summed E-state index contributed by atoms with van der Waals surface area (Å²) in [6.45, 7) is 2.88. The summed E-state index contributed by atoms with van der Waals surface area (Å²) < 4.78 is 26.9. The number of anilines is 2. The monoisotopic (exact) mass is 379 g/mol. The number of hydrogen-bond acceptors (Lipinski definition) is 6. The van der Waals surface area contributed by atoms with E-state index in [4.69, 9.17) is 5.11 Å². The number of aliphatic carboxylic acids is 1. The van der Waals surface area contributed by atoms with E-state index in [9.17, 15) is 18.3 Å². The van der Waals surface area contributed by atoms with Crippen LogP contribution in [0.5, 0.6) is 0 Å². The van der Waals surface area contributed by atoms with Crippen LogP contribution in [0.4, 0.5) is 11.5 Å². The lowest BCUT2D eigenvalue weighted by molar-refractivity contribution is -0.155. The molecular weight excluding hydrogens is 358 g/mol. The summed E-state index contributed by atoms with van der Waals surface area (Å²) in [6, 6.07) is 11.5. The summed E-state index contributed by atoms with van der Waals surface area (Å²) in [5.74, 6) is -1.11. The van der Waals surface area contributed by atoms with Crippen LogP contribution in [0.3, 0.4) is 0 Å². The van der Waals surface area contributed by atoms with Gasteiger partial charge in [-0.05, 0) is 38.1 Å². The van der Waals surface area contributed by atoms with Crippen molar-refractivity contribution in [3.05, 3.63) is 48.7 Å². The summed E-state index contributed by atoms with van der Waals surface area (Å²) in [6.07, 6.45) is 1.19. The third kappa shape index (κ3) is 4.30. The molecule has 1 heterocycles.